The second kappa shape index (κ2) is 6.50. The van der Waals surface area contributed by atoms with E-state index in [1.54, 1.807) is 0 Å². The average molecular weight is 304 g/mol. The molecule has 0 bridgehead atoms. The fraction of sp³-hybridized carbons (Fsp3) is 0.333. The van der Waals surface area contributed by atoms with Crippen LogP contribution in [0, 0.1) is 13.8 Å². The zero-order chi connectivity index (χ0) is 15.6. The van der Waals surface area contributed by atoms with E-state index in [1.807, 2.05) is 44.2 Å². The van der Waals surface area contributed by atoms with Crippen LogP contribution in [0.25, 0.3) is 0 Å². The first-order valence-electron chi connectivity index (χ1n) is 7.20. The largest absolute Gasteiger partial charge is 0.457 e. The Bertz CT molecular complexity index is 650. The second-order valence-corrected chi connectivity index (χ2v) is 6.10. The van der Waals surface area contributed by atoms with E-state index in [0.717, 1.165) is 38.8 Å². The van der Waals surface area contributed by atoms with Crippen LogP contribution in [0.15, 0.2) is 30.3 Å². The smallest absolute Gasteiger partial charge is 0.130 e. The lowest BCUT2D eigenvalue weighted by Crippen LogP contribution is -1.99. The van der Waals surface area contributed by atoms with Gasteiger partial charge in [0.1, 0.15) is 11.5 Å². The Balaban J connectivity index is 2.35. The molecule has 0 aliphatic carbocycles. The van der Waals surface area contributed by atoms with E-state index in [0.29, 0.717) is 12.5 Å². The maximum atomic E-state index is 6.29. The summed E-state index contributed by atoms with van der Waals surface area (Å²) in [5.74, 6) is 2.04. The molecule has 0 heterocycles. The molecule has 0 aromatic heterocycles. The predicted octanol–water partition coefficient (Wildman–Crippen LogP) is 5.33. The standard InChI is InChI=1S/C18H22ClNO/c1-11(2)16-9-18(13(4)8-17(16)19)21-15-6-5-14(10-20)12(3)7-15/h5-9,11H,10,20H2,1-4H3. The highest BCUT2D eigenvalue weighted by molar-refractivity contribution is 6.31. The van der Waals surface area contributed by atoms with Gasteiger partial charge in [-0.05, 0) is 66.3 Å². The first-order valence-corrected chi connectivity index (χ1v) is 7.57. The van der Waals surface area contributed by atoms with Gasteiger partial charge in [-0.15, -0.1) is 0 Å². The molecular formula is C18H22ClNO. The number of benzene rings is 2. The number of halogens is 1. The summed E-state index contributed by atoms with van der Waals surface area (Å²) in [6.45, 7) is 8.85. The van der Waals surface area contributed by atoms with Gasteiger partial charge in [-0.25, -0.2) is 0 Å². The molecule has 2 rings (SSSR count). The normalized spacial score (nSPS) is 11.0. The molecule has 2 aromatic carbocycles. The van der Waals surface area contributed by atoms with Gasteiger partial charge in [0.25, 0.3) is 0 Å². The summed E-state index contributed by atoms with van der Waals surface area (Å²) in [5.41, 5.74) is 10.1. The van der Waals surface area contributed by atoms with Gasteiger partial charge >= 0.3 is 0 Å². The lowest BCUT2D eigenvalue weighted by atomic mass is 10.0. The van der Waals surface area contributed by atoms with E-state index in [1.165, 1.54) is 0 Å². The van der Waals surface area contributed by atoms with Crippen molar-refractivity contribution >= 4 is 11.6 Å². The van der Waals surface area contributed by atoms with Crippen LogP contribution < -0.4 is 10.5 Å². The van der Waals surface area contributed by atoms with Gasteiger partial charge in [0.05, 0.1) is 0 Å². The van der Waals surface area contributed by atoms with Crippen LogP contribution in [0.4, 0.5) is 0 Å². The molecule has 0 atom stereocenters. The van der Waals surface area contributed by atoms with Crippen molar-refractivity contribution in [1.29, 1.82) is 0 Å². The summed E-state index contributed by atoms with van der Waals surface area (Å²) in [7, 11) is 0. The molecule has 0 saturated heterocycles. The molecule has 0 amide bonds. The molecule has 0 aliphatic rings. The minimum atomic E-state index is 0.363. The van der Waals surface area contributed by atoms with Gasteiger partial charge in [0, 0.05) is 11.6 Å². The zero-order valence-corrected chi connectivity index (χ0v) is 13.8. The molecule has 0 saturated carbocycles. The maximum Gasteiger partial charge on any atom is 0.130 e. The molecule has 0 unspecified atom stereocenters. The van der Waals surface area contributed by atoms with E-state index in [9.17, 15) is 0 Å². The van der Waals surface area contributed by atoms with Crippen molar-refractivity contribution in [1.82, 2.24) is 0 Å². The Morgan fingerprint density at radius 1 is 1.10 bits per heavy atom. The fourth-order valence-corrected chi connectivity index (χ4v) is 2.75. The number of ether oxygens (including phenoxy) is 1. The van der Waals surface area contributed by atoms with Gasteiger partial charge in [-0.2, -0.15) is 0 Å². The summed E-state index contributed by atoms with van der Waals surface area (Å²) in [6.07, 6.45) is 0. The molecule has 2 aromatic rings. The van der Waals surface area contributed by atoms with Crippen molar-refractivity contribution in [2.75, 3.05) is 0 Å². The van der Waals surface area contributed by atoms with Crippen molar-refractivity contribution in [2.24, 2.45) is 5.73 Å². The lowest BCUT2D eigenvalue weighted by molar-refractivity contribution is 0.477. The summed E-state index contributed by atoms with van der Waals surface area (Å²) >= 11 is 6.29. The molecule has 3 heteroatoms. The van der Waals surface area contributed by atoms with Crippen LogP contribution in [-0.4, -0.2) is 0 Å². The molecule has 112 valence electrons. The molecular weight excluding hydrogens is 282 g/mol. The Morgan fingerprint density at radius 2 is 1.81 bits per heavy atom. The van der Waals surface area contributed by atoms with E-state index >= 15 is 0 Å². The van der Waals surface area contributed by atoms with Crippen molar-refractivity contribution in [2.45, 2.75) is 40.2 Å². The quantitative estimate of drug-likeness (QED) is 0.828. The van der Waals surface area contributed by atoms with Crippen molar-refractivity contribution in [3.05, 3.63) is 57.6 Å². The lowest BCUT2D eigenvalue weighted by Gasteiger charge is -2.15. The average Bonchev–Trinajstić information content (AvgIpc) is 2.41. The van der Waals surface area contributed by atoms with Gasteiger partial charge in [-0.1, -0.05) is 31.5 Å². The number of nitrogens with two attached hydrogens (primary N) is 1. The van der Waals surface area contributed by atoms with Crippen LogP contribution in [0.1, 0.15) is 42.0 Å². The monoisotopic (exact) mass is 303 g/mol. The molecule has 0 radical (unpaired) electrons. The third-order valence-electron chi connectivity index (χ3n) is 3.68. The third kappa shape index (κ3) is 3.58. The third-order valence-corrected chi connectivity index (χ3v) is 4.01. The molecule has 21 heavy (non-hydrogen) atoms. The Hall–Kier alpha value is -1.51. The van der Waals surface area contributed by atoms with Crippen LogP contribution in [-0.2, 0) is 6.54 Å². The molecule has 0 aliphatic heterocycles. The van der Waals surface area contributed by atoms with Gasteiger partial charge in [-0.3, -0.25) is 0 Å². The second-order valence-electron chi connectivity index (χ2n) is 5.69. The van der Waals surface area contributed by atoms with Crippen LogP contribution in [0.2, 0.25) is 5.02 Å². The minimum Gasteiger partial charge on any atom is -0.457 e. The number of hydrogen-bond donors (Lipinski definition) is 1. The molecule has 2 N–H and O–H groups in total. The Labute approximate surface area is 131 Å². The van der Waals surface area contributed by atoms with Crippen LogP contribution >= 0.6 is 11.6 Å². The number of aryl methyl sites for hydroxylation is 2. The number of rotatable bonds is 4. The van der Waals surface area contributed by atoms with E-state index in [2.05, 4.69) is 13.8 Å². The van der Waals surface area contributed by atoms with E-state index in [4.69, 9.17) is 22.1 Å². The highest BCUT2D eigenvalue weighted by Gasteiger charge is 2.11. The van der Waals surface area contributed by atoms with Crippen molar-refractivity contribution in [3.63, 3.8) is 0 Å². The molecule has 0 spiro atoms. The van der Waals surface area contributed by atoms with Crippen LogP contribution in [0.5, 0.6) is 11.5 Å². The Morgan fingerprint density at radius 3 is 2.38 bits per heavy atom. The summed E-state index contributed by atoms with van der Waals surface area (Å²) < 4.78 is 6.04. The highest BCUT2D eigenvalue weighted by Crippen LogP contribution is 2.34. The zero-order valence-electron chi connectivity index (χ0n) is 13.0. The van der Waals surface area contributed by atoms with Gasteiger partial charge < -0.3 is 10.5 Å². The topological polar surface area (TPSA) is 35.2 Å². The van der Waals surface area contributed by atoms with Crippen LogP contribution in [0.3, 0.4) is 0 Å². The predicted molar refractivity (Wildman–Crippen MR) is 89.4 cm³/mol. The number of hydrogen-bond acceptors (Lipinski definition) is 2. The molecule has 0 fully saturated rings. The summed E-state index contributed by atoms with van der Waals surface area (Å²) in [4.78, 5) is 0. The van der Waals surface area contributed by atoms with E-state index < -0.39 is 0 Å². The SMILES string of the molecule is Cc1cc(Oc2cc(C(C)C)c(Cl)cc2C)ccc1CN. The van der Waals surface area contributed by atoms with E-state index in [-0.39, 0.29) is 0 Å². The van der Waals surface area contributed by atoms with Gasteiger partial charge in [0.15, 0.2) is 0 Å². The first kappa shape index (κ1) is 15.9. The fourth-order valence-electron chi connectivity index (χ4n) is 2.31. The minimum absolute atomic E-state index is 0.363. The van der Waals surface area contributed by atoms with Crippen molar-refractivity contribution in [3.8, 4) is 11.5 Å². The summed E-state index contributed by atoms with van der Waals surface area (Å²) in [6, 6.07) is 9.99. The van der Waals surface area contributed by atoms with Crippen molar-refractivity contribution < 1.29 is 4.74 Å². The first-order chi connectivity index (χ1) is 9.92. The summed E-state index contributed by atoms with van der Waals surface area (Å²) in [5, 5.41) is 0.796. The maximum absolute atomic E-state index is 6.29. The molecule has 2 nitrogen and oxygen atoms in total. The highest BCUT2D eigenvalue weighted by atomic mass is 35.5. The van der Waals surface area contributed by atoms with Gasteiger partial charge in [0.2, 0.25) is 0 Å². The Kier molecular flexibility index (Phi) is 4.92.